The van der Waals surface area contributed by atoms with E-state index in [4.69, 9.17) is 32.7 Å². The third-order valence-corrected chi connectivity index (χ3v) is 6.45. The summed E-state index contributed by atoms with van der Waals surface area (Å²) in [5.41, 5.74) is 1.97. The fraction of sp³-hybridized carbons (Fsp3) is 0.0870. The summed E-state index contributed by atoms with van der Waals surface area (Å²) >= 11 is 14.6. The van der Waals surface area contributed by atoms with Crippen LogP contribution in [0.2, 0.25) is 10.0 Å². The van der Waals surface area contributed by atoms with Crippen LogP contribution < -0.4 is 20.1 Å². The van der Waals surface area contributed by atoms with Crippen molar-refractivity contribution in [2.45, 2.75) is 13.2 Å². The van der Waals surface area contributed by atoms with E-state index in [0.29, 0.717) is 44.8 Å². The Hall–Kier alpha value is -2.71. The molecule has 9 heteroatoms. The number of hydrogen-bond donors (Lipinski definition) is 2. The smallest absolute Gasteiger partial charge is 0.325 e. The third kappa shape index (κ3) is 6.17. The van der Waals surface area contributed by atoms with Crippen LogP contribution in [-0.2, 0) is 13.2 Å². The Balaban J connectivity index is 1.32. The second-order valence-corrected chi connectivity index (χ2v) is 9.34. The highest BCUT2D eigenvalue weighted by atomic mass is 35.5. The van der Waals surface area contributed by atoms with Crippen molar-refractivity contribution in [3.05, 3.63) is 92.6 Å². The molecular formula is C23H18Cl2N2O3S2. The number of anilines is 2. The summed E-state index contributed by atoms with van der Waals surface area (Å²) < 4.78 is 11.7. The molecule has 4 aromatic rings. The van der Waals surface area contributed by atoms with E-state index in [1.54, 1.807) is 0 Å². The highest BCUT2D eigenvalue weighted by Gasteiger charge is 2.13. The molecule has 0 fully saturated rings. The minimum absolute atomic E-state index is 0.373. The lowest BCUT2D eigenvalue weighted by atomic mass is 10.2. The van der Waals surface area contributed by atoms with E-state index in [1.807, 2.05) is 71.4 Å². The summed E-state index contributed by atoms with van der Waals surface area (Å²) in [6, 6.07) is 18.1. The van der Waals surface area contributed by atoms with Crippen LogP contribution in [0.25, 0.3) is 0 Å². The molecule has 2 aromatic heterocycles. The monoisotopic (exact) mass is 504 g/mol. The maximum atomic E-state index is 12.6. The summed E-state index contributed by atoms with van der Waals surface area (Å²) in [6.45, 7) is 0.746. The van der Waals surface area contributed by atoms with E-state index >= 15 is 0 Å². The van der Waals surface area contributed by atoms with Gasteiger partial charge in [-0.15, -0.1) is 22.7 Å². The number of benzene rings is 2. The molecule has 0 bridgehead atoms. The van der Waals surface area contributed by atoms with Crippen molar-refractivity contribution in [3.63, 3.8) is 0 Å². The van der Waals surface area contributed by atoms with Gasteiger partial charge in [0.2, 0.25) is 0 Å². The first kappa shape index (κ1) is 22.5. The van der Waals surface area contributed by atoms with Crippen molar-refractivity contribution in [1.29, 1.82) is 0 Å². The van der Waals surface area contributed by atoms with E-state index in [-0.39, 0.29) is 6.03 Å². The Morgan fingerprint density at radius 2 is 1.09 bits per heavy atom. The quantitative estimate of drug-likeness (QED) is 0.256. The van der Waals surface area contributed by atoms with Gasteiger partial charge in [0.1, 0.15) is 23.2 Å². The molecule has 2 N–H and O–H groups in total. The standard InChI is InChI=1S/C23H18Cl2N2O3S2/c24-17-5-1-15(2-6-17)13-29-19-9-11-31-21(19)26-23(28)27-22-20(10-12-32-22)30-14-16-3-7-18(25)8-4-16/h1-12H,13-14H2,(H2,26,27,28). The highest BCUT2D eigenvalue weighted by molar-refractivity contribution is 7.15. The van der Waals surface area contributed by atoms with Crippen LogP contribution in [0.15, 0.2) is 71.4 Å². The van der Waals surface area contributed by atoms with Gasteiger partial charge in [-0.05, 0) is 58.3 Å². The molecule has 0 spiro atoms. The normalized spacial score (nSPS) is 10.6. The van der Waals surface area contributed by atoms with Crippen molar-refractivity contribution < 1.29 is 14.3 Å². The van der Waals surface area contributed by atoms with Crippen LogP contribution in [0.4, 0.5) is 14.8 Å². The average Bonchev–Trinajstić information content (AvgIpc) is 3.42. The first-order valence-electron chi connectivity index (χ1n) is 9.54. The van der Waals surface area contributed by atoms with Crippen LogP contribution >= 0.6 is 45.9 Å². The second kappa shape index (κ2) is 10.7. The predicted octanol–water partition coefficient (Wildman–Crippen LogP) is 7.92. The number of nitrogens with one attached hydrogen (secondary N) is 2. The Morgan fingerprint density at radius 3 is 1.50 bits per heavy atom. The van der Waals surface area contributed by atoms with Gasteiger partial charge in [-0.1, -0.05) is 47.5 Å². The fourth-order valence-electron chi connectivity index (χ4n) is 2.73. The molecule has 0 aliphatic heterocycles. The number of carbonyl (C=O) groups is 1. The van der Waals surface area contributed by atoms with Gasteiger partial charge in [-0.3, -0.25) is 10.6 Å². The first-order valence-corrected chi connectivity index (χ1v) is 12.1. The zero-order valence-corrected chi connectivity index (χ0v) is 19.8. The summed E-state index contributed by atoms with van der Waals surface area (Å²) in [5, 5.41) is 12.0. The average molecular weight is 505 g/mol. The molecule has 32 heavy (non-hydrogen) atoms. The van der Waals surface area contributed by atoms with Gasteiger partial charge in [0.15, 0.2) is 11.5 Å². The van der Waals surface area contributed by atoms with Crippen molar-refractivity contribution in [1.82, 2.24) is 0 Å². The maximum Gasteiger partial charge on any atom is 0.325 e. The SMILES string of the molecule is O=C(Nc1sccc1OCc1ccc(Cl)cc1)Nc1sccc1OCc1ccc(Cl)cc1. The van der Waals surface area contributed by atoms with Crippen LogP contribution in [0, 0.1) is 0 Å². The number of urea groups is 1. The predicted molar refractivity (Wildman–Crippen MR) is 133 cm³/mol. The van der Waals surface area contributed by atoms with Crippen LogP contribution in [-0.4, -0.2) is 6.03 Å². The lowest BCUT2D eigenvalue weighted by molar-refractivity contribution is 0.261. The van der Waals surface area contributed by atoms with E-state index < -0.39 is 0 Å². The zero-order chi connectivity index (χ0) is 22.3. The van der Waals surface area contributed by atoms with Crippen molar-refractivity contribution >= 4 is 61.9 Å². The maximum absolute atomic E-state index is 12.6. The number of carbonyl (C=O) groups excluding carboxylic acids is 1. The van der Waals surface area contributed by atoms with Crippen LogP contribution in [0.1, 0.15) is 11.1 Å². The summed E-state index contributed by atoms with van der Waals surface area (Å²) in [5.74, 6) is 1.20. The first-order chi connectivity index (χ1) is 15.6. The zero-order valence-electron chi connectivity index (χ0n) is 16.6. The number of ether oxygens (including phenoxy) is 2. The lowest BCUT2D eigenvalue weighted by Gasteiger charge is -2.11. The van der Waals surface area contributed by atoms with Gasteiger partial charge < -0.3 is 9.47 Å². The largest absolute Gasteiger partial charge is 0.486 e. The molecule has 0 saturated carbocycles. The molecule has 0 aliphatic rings. The van der Waals surface area contributed by atoms with Crippen molar-refractivity contribution in [2.75, 3.05) is 10.6 Å². The minimum atomic E-state index is -0.373. The Morgan fingerprint density at radius 1 is 0.688 bits per heavy atom. The summed E-state index contributed by atoms with van der Waals surface area (Å²) in [6.07, 6.45) is 0. The van der Waals surface area contributed by atoms with Gasteiger partial charge >= 0.3 is 6.03 Å². The molecule has 0 radical (unpaired) electrons. The molecule has 164 valence electrons. The van der Waals surface area contributed by atoms with Crippen LogP contribution in [0.3, 0.4) is 0 Å². The molecule has 0 saturated heterocycles. The topological polar surface area (TPSA) is 59.6 Å². The van der Waals surface area contributed by atoms with Gasteiger partial charge in [0.05, 0.1) is 0 Å². The van der Waals surface area contributed by atoms with Gasteiger partial charge in [-0.2, -0.15) is 0 Å². The Bertz CT molecular complexity index is 1080. The number of halogens is 2. The van der Waals surface area contributed by atoms with Crippen molar-refractivity contribution in [2.24, 2.45) is 0 Å². The van der Waals surface area contributed by atoms with E-state index in [0.717, 1.165) is 11.1 Å². The molecule has 2 heterocycles. The minimum Gasteiger partial charge on any atom is -0.486 e. The van der Waals surface area contributed by atoms with E-state index in [1.165, 1.54) is 22.7 Å². The summed E-state index contributed by atoms with van der Waals surface area (Å²) in [4.78, 5) is 12.6. The van der Waals surface area contributed by atoms with E-state index in [2.05, 4.69) is 10.6 Å². The molecule has 2 amide bonds. The fourth-order valence-corrected chi connectivity index (χ4v) is 4.42. The van der Waals surface area contributed by atoms with Gasteiger partial charge in [0, 0.05) is 10.0 Å². The van der Waals surface area contributed by atoms with E-state index in [9.17, 15) is 4.79 Å². The molecule has 0 unspecified atom stereocenters. The highest BCUT2D eigenvalue weighted by Crippen LogP contribution is 2.34. The van der Waals surface area contributed by atoms with Crippen LogP contribution in [0.5, 0.6) is 11.5 Å². The number of amides is 2. The van der Waals surface area contributed by atoms with Gasteiger partial charge in [0.25, 0.3) is 0 Å². The molecular weight excluding hydrogens is 487 g/mol. The van der Waals surface area contributed by atoms with Gasteiger partial charge in [-0.25, -0.2) is 4.79 Å². The molecule has 0 aliphatic carbocycles. The third-order valence-electron chi connectivity index (χ3n) is 4.33. The number of thiophene rings is 2. The Labute approximate surface area is 203 Å². The summed E-state index contributed by atoms with van der Waals surface area (Å²) in [7, 11) is 0. The molecule has 0 atom stereocenters. The van der Waals surface area contributed by atoms with Crippen molar-refractivity contribution in [3.8, 4) is 11.5 Å². The molecule has 5 nitrogen and oxygen atoms in total. The number of rotatable bonds is 8. The lowest BCUT2D eigenvalue weighted by Crippen LogP contribution is -2.19. The Kier molecular flexibility index (Phi) is 7.55. The number of hydrogen-bond acceptors (Lipinski definition) is 5. The second-order valence-electron chi connectivity index (χ2n) is 6.64. The molecule has 4 rings (SSSR count). The molecule has 2 aromatic carbocycles.